The molecule has 2 aliphatic heterocycles. The summed E-state index contributed by atoms with van der Waals surface area (Å²) < 4.78 is 43.7. The van der Waals surface area contributed by atoms with E-state index in [1.807, 2.05) is 18.2 Å². The second-order valence-electron chi connectivity index (χ2n) is 8.95. The highest BCUT2D eigenvalue weighted by atomic mass is 79.9. The highest BCUT2D eigenvalue weighted by molar-refractivity contribution is 9.10. The third-order valence-corrected chi connectivity index (χ3v) is 7.18. The standard InChI is InChI=1S/C25H25BrF3N5O/c26-19-8-6-18(7-9-19)21-14-22(25(27,28)29)34-23(31-21)20(15-30-34)24(35)33-12-10-32(11-13-33)16-17-4-2-1-3-5-17/h1-9,15,21-22,31H,10-14,16H2/t21-,22-/m1/s1. The van der Waals surface area contributed by atoms with Gasteiger partial charge >= 0.3 is 6.18 Å². The maximum absolute atomic E-state index is 14.0. The molecule has 1 amide bonds. The van der Waals surface area contributed by atoms with Crippen molar-refractivity contribution in [3.8, 4) is 0 Å². The SMILES string of the molecule is O=C(c1cnn2c1N[C@@H](c1ccc(Br)cc1)C[C@@H]2C(F)(F)F)N1CCN(Cc2ccccc2)CC1. The lowest BCUT2D eigenvalue weighted by molar-refractivity contribution is -0.173. The van der Waals surface area contributed by atoms with Crippen molar-refractivity contribution in [2.45, 2.75) is 31.2 Å². The Morgan fingerprint density at radius 1 is 1.03 bits per heavy atom. The Labute approximate surface area is 209 Å². The van der Waals surface area contributed by atoms with Crippen LogP contribution < -0.4 is 5.32 Å². The number of aromatic nitrogens is 2. The molecule has 184 valence electrons. The number of amides is 1. The highest BCUT2D eigenvalue weighted by Crippen LogP contribution is 2.44. The molecule has 0 spiro atoms. The Bertz CT molecular complexity index is 1170. The van der Waals surface area contributed by atoms with Crippen LogP contribution in [0.1, 0.15) is 40.0 Å². The minimum absolute atomic E-state index is 0.128. The van der Waals surface area contributed by atoms with Crippen LogP contribution >= 0.6 is 15.9 Å². The van der Waals surface area contributed by atoms with Gasteiger partial charge in [-0.15, -0.1) is 0 Å². The maximum atomic E-state index is 14.0. The van der Waals surface area contributed by atoms with Gasteiger partial charge in [0.1, 0.15) is 11.4 Å². The quantitative estimate of drug-likeness (QED) is 0.483. The van der Waals surface area contributed by atoms with Crippen molar-refractivity contribution in [2.75, 3.05) is 31.5 Å². The zero-order chi connectivity index (χ0) is 24.6. The van der Waals surface area contributed by atoms with E-state index in [1.165, 1.54) is 11.8 Å². The summed E-state index contributed by atoms with van der Waals surface area (Å²) in [5.41, 5.74) is 2.11. The Morgan fingerprint density at radius 2 is 1.71 bits per heavy atom. The normalized spacial score (nSPS) is 20.9. The molecule has 3 aromatic rings. The van der Waals surface area contributed by atoms with Gasteiger partial charge in [0, 0.05) is 43.6 Å². The van der Waals surface area contributed by atoms with Crippen LogP contribution in [0.4, 0.5) is 19.0 Å². The van der Waals surface area contributed by atoms with E-state index in [0.29, 0.717) is 26.2 Å². The molecule has 2 atom stereocenters. The fourth-order valence-electron chi connectivity index (χ4n) is 4.75. The zero-order valence-corrected chi connectivity index (χ0v) is 20.5. The fraction of sp³-hybridized carbons (Fsp3) is 0.360. The Balaban J connectivity index is 1.34. The molecule has 0 aliphatic carbocycles. The van der Waals surface area contributed by atoms with Gasteiger partial charge in [-0.1, -0.05) is 58.4 Å². The van der Waals surface area contributed by atoms with E-state index >= 15 is 0 Å². The molecular formula is C25H25BrF3N5O. The minimum Gasteiger partial charge on any atom is -0.363 e. The smallest absolute Gasteiger partial charge is 0.363 e. The summed E-state index contributed by atoms with van der Waals surface area (Å²) in [6.07, 6.45) is -3.42. The van der Waals surface area contributed by atoms with E-state index < -0.39 is 18.3 Å². The highest BCUT2D eigenvalue weighted by Gasteiger charge is 2.47. The summed E-state index contributed by atoms with van der Waals surface area (Å²) in [4.78, 5) is 17.3. The van der Waals surface area contributed by atoms with Gasteiger partial charge in [-0.3, -0.25) is 9.69 Å². The zero-order valence-electron chi connectivity index (χ0n) is 18.9. The molecule has 0 bridgehead atoms. The van der Waals surface area contributed by atoms with Crippen molar-refractivity contribution in [3.63, 3.8) is 0 Å². The van der Waals surface area contributed by atoms with Crippen molar-refractivity contribution in [1.82, 2.24) is 19.6 Å². The molecular weight excluding hydrogens is 523 g/mol. The Morgan fingerprint density at radius 3 is 2.37 bits per heavy atom. The number of piperazine rings is 1. The average Bonchev–Trinajstić information content (AvgIpc) is 3.28. The van der Waals surface area contributed by atoms with E-state index in [1.54, 1.807) is 29.2 Å². The van der Waals surface area contributed by atoms with Gasteiger partial charge in [-0.25, -0.2) is 4.68 Å². The van der Waals surface area contributed by atoms with Crippen molar-refractivity contribution in [3.05, 3.63) is 82.0 Å². The summed E-state index contributed by atoms with van der Waals surface area (Å²) in [6.45, 7) is 3.22. The molecule has 3 heterocycles. The lowest BCUT2D eigenvalue weighted by Crippen LogP contribution is -2.48. The number of hydrogen-bond donors (Lipinski definition) is 1. The lowest BCUT2D eigenvalue weighted by atomic mass is 9.96. The van der Waals surface area contributed by atoms with E-state index in [0.717, 1.165) is 21.3 Å². The number of anilines is 1. The first-order valence-corrected chi connectivity index (χ1v) is 12.3. The Kier molecular flexibility index (Phi) is 6.59. The molecule has 1 N–H and O–H groups in total. The second kappa shape index (κ2) is 9.66. The van der Waals surface area contributed by atoms with Gasteiger partial charge in [0.25, 0.3) is 5.91 Å². The third-order valence-electron chi connectivity index (χ3n) is 6.65. The van der Waals surface area contributed by atoms with E-state index in [2.05, 4.69) is 43.4 Å². The number of hydrogen-bond acceptors (Lipinski definition) is 4. The van der Waals surface area contributed by atoms with Crippen LogP contribution in [0.5, 0.6) is 0 Å². The number of fused-ring (bicyclic) bond motifs is 1. The van der Waals surface area contributed by atoms with E-state index in [-0.39, 0.29) is 23.7 Å². The molecule has 35 heavy (non-hydrogen) atoms. The molecule has 1 saturated heterocycles. The first kappa shape index (κ1) is 23.9. The topological polar surface area (TPSA) is 53.4 Å². The van der Waals surface area contributed by atoms with Crippen molar-refractivity contribution in [2.24, 2.45) is 0 Å². The maximum Gasteiger partial charge on any atom is 0.410 e. The summed E-state index contributed by atoms with van der Waals surface area (Å²) >= 11 is 3.36. The molecule has 0 saturated carbocycles. The molecule has 2 aliphatic rings. The second-order valence-corrected chi connectivity index (χ2v) is 9.86. The van der Waals surface area contributed by atoms with Gasteiger partial charge in [0.2, 0.25) is 0 Å². The van der Waals surface area contributed by atoms with Gasteiger partial charge in [-0.05, 0) is 23.3 Å². The van der Waals surface area contributed by atoms with Crippen molar-refractivity contribution >= 4 is 27.7 Å². The van der Waals surface area contributed by atoms with Crippen LogP contribution in [0.3, 0.4) is 0 Å². The van der Waals surface area contributed by atoms with Gasteiger partial charge in [0.05, 0.1) is 12.2 Å². The van der Waals surface area contributed by atoms with E-state index in [9.17, 15) is 18.0 Å². The average molecular weight is 548 g/mol. The van der Waals surface area contributed by atoms with Crippen molar-refractivity contribution in [1.29, 1.82) is 0 Å². The number of rotatable bonds is 4. The van der Waals surface area contributed by atoms with Crippen LogP contribution in [0.25, 0.3) is 0 Å². The number of carbonyl (C=O) groups is 1. The predicted octanol–water partition coefficient (Wildman–Crippen LogP) is 5.26. The molecule has 10 heteroatoms. The number of carbonyl (C=O) groups excluding carboxylic acids is 1. The Hall–Kier alpha value is -2.85. The number of nitrogens with one attached hydrogen (secondary N) is 1. The number of nitrogens with zero attached hydrogens (tertiary/aromatic N) is 4. The summed E-state index contributed by atoms with van der Waals surface area (Å²) in [5.74, 6) is -0.168. The predicted molar refractivity (Wildman–Crippen MR) is 130 cm³/mol. The molecule has 1 fully saturated rings. The molecule has 6 nitrogen and oxygen atoms in total. The summed E-state index contributed by atoms with van der Waals surface area (Å²) in [5, 5.41) is 7.17. The van der Waals surface area contributed by atoms with Crippen LogP contribution in [0.15, 0.2) is 65.3 Å². The van der Waals surface area contributed by atoms with Crippen LogP contribution in [0.2, 0.25) is 0 Å². The first-order chi connectivity index (χ1) is 16.8. The first-order valence-electron chi connectivity index (χ1n) is 11.5. The molecule has 1 aromatic heterocycles. The molecule has 5 rings (SSSR count). The van der Waals surface area contributed by atoms with Gasteiger partial charge < -0.3 is 10.2 Å². The molecule has 0 unspecified atom stereocenters. The largest absolute Gasteiger partial charge is 0.410 e. The fourth-order valence-corrected chi connectivity index (χ4v) is 5.02. The van der Waals surface area contributed by atoms with Gasteiger partial charge in [-0.2, -0.15) is 18.3 Å². The summed E-state index contributed by atoms with van der Waals surface area (Å²) in [6, 6.07) is 14.9. The van der Waals surface area contributed by atoms with Crippen LogP contribution in [-0.2, 0) is 6.54 Å². The number of alkyl halides is 3. The third kappa shape index (κ3) is 5.08. The van der Waals surface area contributed by atoms with Crippen molar-refractivity contribution < 1.29 is 18.0 Å². The summed E-state index contributed by atoms with van der Waals surface area (Å²) in [7, 11) is 0. The monoisotopic (exact) mass is 547 g/mol. The van der Waals surface area contributed by atoms with Crippen LogP contribution in [0, 0.1) is 0 Å². The van der Waals surface area contributed by atoms with Crippen LogP contribution in [-0.4, -0.2) is 57.8 Å². The lowest BCUT2D eigenvalue weighted by Gasteiger charge is -2.36. The number of benzene rings is 2. The minimum atomic E-state index is -4.49. The molecule has 2 aromatic carbocycles. The van der Waals surface area contributed by atoms with Gasteiger partial charge in [0.15, 0.2) is 6.04 Å². The number of halogens is 4. The van der Waals surface area contributed by atoms with E-state index in [4.69, 9.17) is 0 Å². The molecule has 0 radical (unpaired) electrons.